The van der Waals surface area contributed by atoms with E-state index in [4.69, 9.17) is 0 Å². The summed E-state index contributed by atoms with van der Waals surface area (Å²) in [7, 11) is 0. The summed E-state index contributed by atoms with van der Waals surface area (Å²) in [4.78, 5) is 12.5. The molecule has 2 aromatic heterocycles. The van der Waals surface area contributed by atoms with Crippen molar-refractivity contribution in [3.05, 3.63) is 53.6 Å². The zero-order valence-electron chi connectivity index (χ0n) is 16.5. The van der Waals surface area contributed by atoms with Gasteiger partial charge in [0.15, 0.2) is 0 Å². The second-order valence-electron chi connectivity index (χ2n) is 8.28. The van der Waals surface area contributed by atoms with Gasteiger partial charge in [-0.05, 0) is 47.7 Å². The second kappa shape index (κ2) is 7.18. The Morgan fingerprint density at radius 2 is 2.07 bits per heavy atom. The van der Waals surface area contributed by atoms with Crippen molar-refractivity contribution in [1.82, 2.24) is 35.3 Å². The van der Waals surface area contributed by atoms with Crippen LogP contribution in [0.3, 0.4) is 0 Å². The number of tetrazole rings is 1. The Bertz CT molecular complexity index is 957. The minimum Gasteiger partial charge on any atom is -0.349 e. The van der Waals surface area contributed by atoms with Crippen LogP contribution in [-0.2, 0) is 17.8 Å². The minimum atomic E-state index is -0.0423. The second-order valence-corrected chi connectivity index (χ2v) is 8.28. The summed E-state index contributed by atoms with van der Waals surface area (Å²) in [6.45, 7) is 7.02. The number of benzene rings is 1. The van der Waals surface area contributed by atoms with Crippen molar-refractivity contribution in [3.63, 3.8) is 0 Å². The van der Waals surface area contributed by atoms with Crippen LogP contribution in [0.15, 0.2) is 36.8 Å². The molecule has 3 aromatic rings. The van der Waals surface area contributed by atoms with E-state index in [1.165, 1.54) is 17.6 Å². The lowest BCUT2D eigenvalue weighted by Gasteiger charge is -2.36. The Balaban J connectivity index is 1.55. The minimum absolute atomic E-state index is 0.00719. The van der Waals surface area contributed by atoms with Crippen molar-refractivity contribution in [2.45, 2.75) is 52.6 Å². The molecule has 1 aromatic carbocycles. The fraction of sp³-hybridized carbons (Fsp3) is 0.450. The van der Waals surface area contributed by atoms with Gasteiger partial charge in [-0.15, -0.1) is 5.10 Å². The number of rotatable bonds is 5. The van der Waals surface area contributed by atoms with Crippen LogP contribution >= 0.6 is 0 Å². The third-order valence-corrected chi connectivity index (χ3v) is 5.25. The Kier molecular flexibility index (Phi) is 4.70. The summed E-state index contributed by atoms with van der Waals surface area (Å²) < 4.78 is 3.57. The normalized spacial score (nSPS) is 17.9. The predicted octanol–water partition coefficient (Wildman–Crippen LogP) is 2.39. The highest BCUT2D eigenvalue weighted by Crippen LogP contribution is 2.41. The lowest BCUT2D eigenvalue weighted by Crippen LogP contribution is -2.37. The Morgan fingerprint density at radius 1 is 1.29 bits per heavy atom. The van der Waals surface area contributed by atoms with Crippen LogP contribution in [0.4, 0.5) is 0 Å². The standard InChI is InChI=1S/C20H25N7O/c1-14-4-6-15(7-5-14)27-18-11-20(2,3)10-17(16(18)12-22-27)23-19(28)8-9-26-13-21-24-25-26/h4-7,12-13,17H,8-11H2,1-3H3,(H,23,28)/t17-/m1/s1. The highest BCUT2D eigenvalue weighted by Gasteiger charge is 2.35. The predicted molar refractivity (Wildman–Crippen MR) is 104 cm³/mol. The van der Waals surface area contributed by atoms with Crippen molar-refractivity contribution < 1.29 is 4.79 Å². The van der Waals surface area contributed by atoms with Crippen molar-refractivity contribution in [3.8, 4) is 5.69 Å². The van der Waals surface area contributed by atoms with Gasteiger partial charge in [-0.1, -0.05) is 31.5 Å². The highest BCUT2D eigenvalue weighted by molar-refractivity contribution is 5.76. The molecule has 0 fully saturated rings. The van der Waals surface area contributed by atoms with Gasteiger partial charge in [-0.25, -0.2) is 9.36 Å². The zero-order valence-corrected chi connectivity index (χ0v) is 16.5. The number of amides is 1. The van der Waals surface area contributed by atoms with Gasteiger partial charge in [0.1, 0.15) is 6.33 Å². The summed E-state index contributed by atoms with van der Waals surface area (Å²) in [6, 6.07) is 8.32. The summed E-state index contributed by atoms with van der Waals surface area (Å²) in [5, 5.41) is 18.8. The molecule has 1 N–H and O–H groups in total. The Hall–Kier alpha value is -3.03. The van der Waals surface area contributed by atoms with Gasteiger partial charge < -0.3 is 5.32 Å². The molecule has 8 heteroatoms. The van der Waals surface area contributed by atoms with Crippen molar-refractivity contribution in [2.75, 3.05) is 0 Å². The molecule has 0 aliphatic heterocycles. The van der Waals surface area contributed by atoms with Crippen LogP contribution in [0.25, 0.3) is 5.69 Å². The van der Waals surface area contributed by atoms with Crippen molar-refractivity contribution in [1.29, 1.82) is 0 Å². The lowest BCUT2D eigenvalue weighted by molar-refractivity contribution is -0.122. The van der Waals surface area contributed by atoms with Gasteiger partial charge in [-0.3, -0.25) is 4.79 Å². The maximum atomic E-state index is 12.5. The van der Waals surface area contributed by atoms with E-state index in [1.807, 2.05) is 10.9 Å². The lowest BCUT2D eigenvalue weighted by atomic mass is 9.74. The number of carbonyl (C=O) groups excluding carboxylic acids is 1. The van der Waals surface area contributed by atoms with E-state index in [0.717, 1.165) is 24.1 Å². The molecule has 2 heterocycles. The molecule has 0 saturated carbocycles. The first-order valence-electron chi connectivity index (χ1n) is 9.55. The number of carbonyl (C=O) groups is 1. The van der Waals surface area contributed by atoms with Crippen LogP contribution in [0.5, 0.6) is 0 Å². The molecular weight excluding hydrogens is 354 g/mol. The molecule has 146 valence electrons. The molecular formula is C20H25N7O. The average Bonchev–Trinajstić information content (AvgIpc) is 3.29. The van der Waals surface area contributed by atoms with Gasteiger partial charge in [0.05, 0.1) is 30.2 Å². The fourth-order valence-electron chi connectivity index (χ4n) is 3.85. The molecule has 0 saturated heterocycles. The summed E-state index contributed by atoms with van der Waals surface area (Å²) in [6.07, 6.45) is 5.56. The smallest absolute Gasteiger partial charge is 0.222 e. The maximum Gasteiger partial charge on any atom is 0.222 e. The van der Waals surface area contributed by atoms with Crippen molar-refractivity contribution in [2.24, 2.45) is 5.41 Å². The Morgan fingerprint density at radius 3 is 2.79 bits per heavy atom. The van der Waals surface area contributed by atoms with Crippen LogP contribution in [0.1, 0.15) is 49.6 Å². The number of hydrogen-bond acceptors (Lipinski definition) is 5. The molecule has 0 spiro atoms. The van der Waals surface area contributed by atoms with Gasteiger partial charge in [0, 0.05) is 12.0 Å². The average molecular weight is 379 g/mol. The van der Waals surface area contributed by atoms with Crippen LogP contribution < -0.4 is 5.32 Å². The van der Waals surface area contributed by atoms with E-state index < -0.39 is 0 Å². The number of fused-ring (bicyclic) bond motifs is 1. The maximum absolute atomic E-state index is 12.5. The van der Waals surface area contributed by atoms with E-state index in [0.29, 0.717) is 13.0 Å². The molecule has 8 nitrogen and oxygen atoms in total. The summed E-state index contributed by atoms with van der Waals surface area (Å²) >= 11 is 0. The summed E-state index contributed by atoms with van der Waals surface area (Å²) in [5.41, 5.74) is 4.62. The molecule has 0 radical (unpaired) electrons. The number of hydrogen-bond donors (Lipinski definition) is 1. The van der Waals surface area contributed by atoms with Crippen LogP contribution in [-0.4, -0.2) is 35.9 Å². The molecule has 1 aliphatic carbocycles. The van der Waals surface area contributed by atoms with E-state index in [2.05, 4.69) is 71.0 Å². The van der Waals surface area contributed by atoms with Gasteiger partial charge in [0.2, 0.25) is 5.91 Å². The van der Waals surface area contributed by atoms with E-state index >= 15 is 0 Å². The van der Waals surface area contributed by atoms with Crippen LogP contribution in [0, 0.1) is 12.3 Å². The fourth-order valence-corrected chi connectivity index (χ4v) is 3.85. The highest BCUT2D eigenvalue weighted by atomic mass is 16.1. The van der Waals surface area contributed by atoms with E-state index in [-0.39, 0.29) is 17.4 Å². The number of nitrogens with zero attached hydrogens (tertiary/aromatic N) is 6. The largest absolute Gasteiger partial charge is 0.349 e. The first-order valence-corrected chi connectivity index (χ1v) is 9.55. The van der Waals surface area contributed by atoms with E-state index in [9.17, 15) is 4.79 Å². The quantitative estimate of drug-likeness (QED) is 0.735. The molecule has 0 unspecified atom stereocenters. The number of nitrogens with one attached hydrogen (secondary N) is 1. The zero-order chi connectivity index (χ0) is 19.7. The first kappa shape index (κ1) is 18.3. The molecule has 4 rings (SSSR count). The Labute approximate surface area is 163 Å². The molecule has 1 amide bonds. The van der Waals surface area contributed by atoms with Crippen molar-refractivity contribution >= 4 is 5.91 Å². The first-order chi connectivity index (χ1) is 13.4. The van der Waals surface area contributed by atoms with Gasteiger partial charge in [0.25, 0.3) is 0 Å². The molecule has 1 atom stereocenters. The third kappa shape index (κ3) is 3.81. The molecule has 1 aliphatic rings. The molecule has 0 bridgehead atoms. The number of aryl methyl sites for hydroxylation is 2. The monoisotopic (exact) mass is 379 g/mol. The van der Waals surface area contributed by atoms with Gasteiger partial charge in [-0.2, -0.15) is 5.10 Å². The van der Waals surface area contributed by atoms with Gasteiger partial charge >= 0.3 is 0 Å². The van der Waals surface area contributed by atoms with E-state index in [1.54, 1.807) is 4.68 Å². The summed E-state index contributed by atoms with van der Waals surface area (Å²) in [5.74, 6) is -0.00719. The topological polar surface area (TPSA) is 90.5 Å². The number of aromatic nitrogens is 6. The molecule has 28 heavy (non-hydrogen) atoms. The SMILES string of the molecule is Cc1ccc(-n2ncc3c2CC(C)(C)C[C@H]3NC(=O)CCn2cnnn2)cc1. The van der Waals surface area contributed by atoms with Crippen LogP contribution in [0.2, 0.25) is 0 Å². The third-order valence-electron chi connectivity index (χ3n) is 5.25.